The Kier molecular flexibility index (Phi) is 29.0. The van der Waals surface area contributed by atoms with E-state index < -0.39 is 0 Å². The number of nitrogens with one attached hydrogen (secondary N) is 1. The standard InChI is InChI=1S/C30H57NO5/c1-3-5-7-9-13-18-27-35-30(36-28-19-14-10-8-6-4-2)22-21-29(33)34-26-17-15-11-12-16-23-31-24-20-25-32/h5-8,30-32H,3-4,9-28H2,1-2H3/b7-5-,8-6-. The van der Waals surface area contributed by atoms with E-state index in [9.17, 15) is 4.79 Å². The molecule has 0 saturated heterocycles. The third-order valence-corrected chi connectivity index (χ3v) is 5.80. The molecule has 0 bridgehead atoms. The Bertz CT molecular complexity index is 486. The van der Waals surface area contributed by atoms with Crippen LogP contribution in [0.25, 0.3) is 0 Å². The Hall–Kier alpha value is -1.21. The molecule has 0 fully saturated rings. The second-order valence-corrected chi connectivity index (χ2v) is 9.28. The van der Waals surface area contributed by atoms with Crippen LogP contribution in [0.1, 0.15) is 117 Å². The summed E-state index contributed by atoms with van der Waals surface area (Å²) in [6.07, 6.45) is 24.3. The van der Waals surface area contributed by atoms with Gasteiger partial charge in [0.1, 0.15) is 0 Å². The molecule has 212 valence electrons. The molecule has 0 aromatic carbocycles. The maximum absolute atomic E-state index is 12.2. The Morgan fingerprint density at radius 3 is 1.89 bits per heavy atom. The van der Waals surface area contributed by atoms with Gasteiger partial charge in [0.15, 0.2) is 6.29 Å². The minimum Gasteiger partial charge on any atom is -0.466 e. The van der Waals surface area contributed by atoms with Crippen LogP contribution >= 0.6 is 0 Å². The van der Waals surface area contributed by atoms with Gasteiger partial charge in [0.25, 0.3) is 0 Å². The molecule has 0 aromatic rings. The van der Waals surface area contributed by atoms with Gasteiger partial charge in [-0.2, -0.15) is 0 Å². The van der Waals surface area contributed by atoms with Crippen molar-refractivity contribution in [1.82, 2.24) is 5.32 Å². The van der Waals surface area contributed by atoms with Crippen LogP contribution in [-0.4, -0.2) is 56.9 Å². The lowest BCUT2D eigenvalue weighted by atomic mass is 10.1. The zero-order valence-corrected chi connectivity index (χ0v) is 23.5. The molecule has 0 amide bonds. The van der Waals surface area contributed by atoms with Gasteiger partial charge < -0.3 is 24.6 Å². The Morgan fingerprint density at radius 2 is 1.28 bits per heavy atom. The molecule has 0 unspecified atom stereocenters. The second kappa shape index (κ2) is 30.0. The lowest BCUT2D eigenvalue weighted by Crippen LogP contribution is -2.21. The highest BCUT2D eigenvalue weighted by Gasteiger charge is 2.13. The number of aliphatic hydroxyl groups is 1. The molecule has 6 heteroatoms. The third-order valence-electron chi connectivity index (χ3n) is 5.80. The monoisotopic (exact) mass is 511 g/mol. The normalized spacial score (nSPS) is 11.9. The summed E-state index contributed by atoms with van der Waals surface area (Å²) in [5.41, 5.74) is 0. The summed E-state index contributed by atoms with van der Waals surface area (Å²) in [6.45, 7) is 8.26. The molecule has 0 aromatic heterocycles. The van der Waals surface area contributed by atoms with E-state index in [2.05, 4.69) is 43.5 Å². The first-order valence-electron chi connectivity index (χ1n) is 14.7. The highest BCUT2D eigenvalue weighted by Crippen LogP contribution is 2.11. The van der Waals surface area contributed by atoms with Gasteiger partial charge in [-0.15, -0.1) is 0 Å². The number of esters is 1. The topological polar surface area (TPSA) is 77.0 Å². The molecule has 0 atom stereocenters. The number of hydrogen-bond donors (Lipinski definition) is 2. The van der Waals surface area contributed by atoms with Crippen LogP contribution in [0.2, 0.25) is 0 Å². The van der Waals surface area contributed by atoms with E-state index in [0.717, 1.165) is 96.6 Å². The Morgan fingerprint density at radius 1 is 0.722 bits per heavy atom. The third kappa shape index (κ3) is 27.4. The van der Waals surface area contributed by atoms with Crippen LogP contribution in [0.3, 0.4) is 0 Å². The first-order chi connectivity index (χ1) is 17.7. The summed E-state index contributed by atoms with van der Waals surface area (Å²) in [6, 6.07) is 0. The number of carbonyl (C=O) groups excluding carboxylic acids is 1. The molecule has 2 N–H and O–H groups in total. The minimum absolute atomic E-state index is 0.158. The highest BCUT2D eigenvalue weighted by molar-refractivity contribution is 5.69. The number of rotatable bonds is 28. The van der Waals surface area contributed by atoms with Crippen molar-refractivity contribution >= 4 is 5.97 Å². The maximum Gasteiger partial charge on any atom is 0.305 e. The minimum atomic E-state index is -0.332. The summed E-state index contributed by atoms with van der Waals surface area (Å²) in [4.78, 5) is 12.2. The van der Waals surface area contributed by atoms with Crippen molar-refractivity contribution in [1.29, 1.82) is 0 Å². The van der Waals surface area contributed by atoms with E-state index >= 15 is 0 Å². The highest BCUT2D eigenvalue weighted by atomic mass is 16.7. The second-order valence-electron chi connectivity index (χ2n) is 9.28. The summed E-state index contributed by atoms with van der Waals surface area (Å²) in [5.74, 6) is -0.158. The fraction of sp³-hybridized carbons (Fsp3) is 0.833. The lowest BCUT2D eigenvalue weighted by molar-refractivity contribution is -0.159. The van der Waals surface area contributed by atoms with Gasteiger partial charge in [-0.25, -0.2) is 0 Å². The number of ether oxygens (including phenoxy) is 3. The van der Waals surface area contributed by atoms with Gasteiger partial charge in [-0.3, -0.25) is 4.79 Å². The number of hydrogen-bond acceptors (Lipinski definition) is 6. The van der Waals surface area contributed by atoms with Crippen molar-refractivity contribution < 1.29 is 24.1 Å². The number of allylic oxidation sites excluding steroid dienone is 4. The Labute approximate surface area is 222 Å². The van der Waals surface area contributed by atoms with Gasteiger partial charge in [-0.1, -0.05) is 57.4 Å². The summed E-state index contributed by atoms with van der Waals surface area (Å²) in [5, 5.41) is 12.1. The molecular formula is C30H57NO5. The average molecular weight is 512 g/mol. The Balaban J connectivity index is 3.96. The number of unbranched alkanes of at least 4 members (excludes halogenated alkanes) is 8. The molecule has 0 rings (SSSR count). The summed E-state index contributed by atoms with van der Waals surface area (Å²) >= 11 is 0. The van der Waals surface area contributed by atoms with Gasteiger partial charge in [0.05, 0.1) is 13.0 Å². The molecule has 0 radical (unpaired) electrons. The molecule has 6 nitrogen and oxygen atoms in total. The fourth-order valence-corrected chi connectivity index (χ4v) is 3.65. The number of carbonyl (C=O) groups is 1. The molecule has 0 aliphatic carbocycles. The van der Waals surface area contributed by atoms with E-state index in [4.69, 9.17) is 19.3 Å². The van der Waals surface area contributed by atoms with Crippen molar-refractivity contribution in [2.45, 2.75) is 123 Å². The molecule has 0 heterocycles. The van der Waals surface area contributed by atoms with Crippen molar-refractivity contribution in [3.8, 4) is 0 Å². The summed E-state index contributed by atoms with van der Waals surface area (Å²) < 4.78 is 17.4. The van der Waals surface area contributed by atoms with Gasteiger partial charge >= 0.3 is 5.97 Å². The molecule has 0 aliphatic rings. The smallest absolute Gasteiger partial charge is 0.305 e. The van der Waals surface area contributed by atoms with Gasteiger partial charge in [0, 0.05) is 26.2 Å². The van der Waals surface area contributed by atoms with Crippen LogP contribution in [0.15, 0.2) is 24.3 Å². The van der Waals surface area contributed by atoms with E-state index in [0.29, 0.717) is 32.7 Å². The van der Waals surface area contributed by atoms with Gasteiger partial charge in [-0.05, 0) is 83.7 Å². The predicted octanol–water partition coefficient (Wildman–Crippen LogP) is 6.86. The predicted molar refractivity (Wildman–Crippen MR) is 150 cm³/mol. The van der Waals surface area contributed by atoms with Crippen molar-refractivity contribution in [3.63, 3.8) is 0 Å². The van der Waals surface area contributed by atoms with Crippen LogP contribution in [0, 0.1) is 0 Å². The van der Waals surface area contributed by atoms with Crippen molar-refractivity contribution in [3.05, 3.63) is 24.3 Å². The molecule has 0 saturated carbocycles. The zero-order valence-electron chi connectivity index (χ0n) is 23.5. The van der Waals surface area contributed by atoms with E-state index in [1.165, 1.54) is 6.42 Å². The van der Waals surface area contributed by atoms with Crippen LogP contribution in [0.5, 0.6) is 0 Å². The summed E-state index contributed by atoms with van der Waals surface area (Å²) in [7, 11) is 0. The van der Waals surface area contributed by atoms with Crippen LogP contribution < -0.4 is 5.32 Å². The molecular weight excluding hydrogens is 454 g/mol. The van der Waals surface area contributed by atoms with E-state index in [1.807, 2.05) is 0 Å². The zero-order chi connectivity index (χ0) is 26.4. The first kappa shape index (κ1) is 34.8. The lowest BCUT2D eigenvalue weighted by Gasteiger charge is -2.18. The molecule has 0 aliphatic heterocycles. The SMILES string of the molecule is CC/C=C\CCCCOC(CCC(=O)OCCCCCCCNCCCO)OCCCC/C=C\CC. The average Bonchev–Trinajstić information content (AvgIpc) is 2.88. The molecule has 0 spiro atoms. The van der Waals surface area contributed by atoms with Crippen LogP contribution in [0.4, 0.5) is 0 Å². The maximum atomic E-state index is 12.2. The quantitative estimate of drug-likeness (QED) is 0.0517. The van der Waals surface area contributed by atoms with E-state index in [1.54, 1.807) is 0 Å². The van der Waals surface area contributed by atoms with Crippen LogP contribution in [-0.2, 0) is 19.0 Å². The molecule has 36 heavy (non-hydrogen) atoms. The van der Waals surface area contributed by atoms with Gasteiger partial charge in [0.2, 0.25) is 0 Å². The van der Waals surface area contributed by atoms with E-state index in [-0.39, 0.29) is 18.9 Å². The van der Waals surface area contributed by atoms with Crippen molar-refractivity contribution in [2.75, 3.05) is 39.5 Å². The number of aliphatic hydroxyl groups excluding tert-OH is 1. The first-order valence-corrected chi connectivity index (χ1v) is 14.7. The fourth-order valence-electron chi connectivity index (χ4n) is 3.65. The van der Waals surface area contributed by atoms with Crippen molar-refractivity contribution in [2.24, 2.45) is 0 Å². The largest absolute Gasteiger partial charge is 0.466 e.